The summed E-state index contributed by atoms with van der Waals surface area (Å²) in [6.07, 6.45) is -1.54. The SMILES string of the molecule is Cc1ncsc1-c1ccc(CNC(=O)[C@@H]2C[C@@H](O)CN2C(=O)[C@@H](NC(=O)CCCCCCCNC(=O)c2ccc(C(c3c(C)[nH]n(-c4ccccc4)c3=O)c3c(C)[nH]n(-c4nc(-c5ccc(C(F)(F)F)cc5)cs4)c3=O)cc2)C(C)(C)C)cc1. The average Bonchev–Trinajstić information content (AvgIpc) is 4.38. The molecule has 6 N–H and O–H groups in total. The minimum atomic E-state index is -4.50. The molecule has 84 heavy (non-hydrogen) atoms. The number of benzene rings is 4. The van der Waals surface area contributed by atoms with Crippen LogP contribution < -0.4 is 27.1 Å². The number of aliphatic hydroxyl groups is 1. The highest BCUT2D eigenvalue weighted by molar-refractivity contribution is 7.13. The van der Waals surface area contributed by atoms with Crippen molar-refractivity contribution < 1.29 is 37.5 Å². The van der Waals surface area contributed by atoms with Crippen molar-refractivity contribution in [3.63, 3.8) is 0 Å². The predicted octanol–water partition coefficient (Wildman–Crippen LogP) is 9.90. The van der Waals surface area contributed by atoms with Crippen LogP contribution in [0.1, 0.15) is 127 Å². The lowest BCUT2D eigenvalue weighted by Gasteiger charge is -2.35. The van der Waals surface area contributed by atoms with Crippen molar-refractivity contribution in [3.05, 3.63) is 185 Å². The first-order valence-corrected chi connectivity index (χ1v) is 29.6. The van der Waals surface area contributed by atoms with Crippen molar-refractivity contribution in [1.29, 1.82) is 0 Å². The second kappa shape index (κ2) is 25.7. The third kappa shape index (κ3) is 13.7. The van der Waals surface area contributed by atoms with Gasteiger partial charge in [0.05, 0.1) is 50.3 Å². The van der Waals surface area contributed by atoms with Gasteiger partial charge in [-0.2, -0.15) is 17.9 Å². The van der Waals surface area contributed by atoms with E-state index in [0.717, 1.165) is 64.4 Å². The van der Waals surface area contributed by atoms with Crippen LogP contribution in [0.3, 0.4) is 0 Å². The van der Waals surface area contributed by atoms with Gasteiger partial charge in [-0.25, -0.2) is 14.6 Å². The molecule has 1 unspecified atom stereocenters. The molecule has 1 fully saturated rings. The Morgan fingerprint density at radius 3 is 2.04 bits per heavy atom. The van der Waals surface area contributed by atoms with Gasteiger partial charge in [0.25, 0.3) is 17.0 Å². The number of aryl methyl sites for hydroxylation is 3. The van der Waals surface area contributed by atoms with E-state index in [0.29, 0.717) is 64.4 Å². The summed E-state index contributed by atoms with van der Waals surface area (Å²) >= 11 is 2.68. The first-order chi connectivity index (χ1) is 40.1. The highest BCUT2D eigenvalue weighted by Crippen LogP contribution is 2.35. The molecule has 17 nitrogen and oxygen atoms in total. The first kappa shape index (κ1) is 60.4. The van der Waals surface area contributed by atoms with Crippen molar-refractivity contribution >= 4 is 46.3 Å². The number of nitrogens with one attached hydrogen (secondary N) is 5. The van der Waals surface area contributed by atoms with Crippen molar-refractivity contribution in [1.82, 2.24) is 50.4 Å². The van der Waals surface area contributed by atoms with E-state index in [-0.39, 0.29) is 59.9 Å². The molecule has 5 heterocycles. The van der Waals surface area contributed by atoms with Crippen molar-refractivity contribution in [2.75, 3.05) is 13.1 Å². The highest BCUT2D eigenvalue weighted by Gasteiger charge is 2.44. The number of nitrogens with zero attached hydrogens (tertiary/aromatic N) is 5. The molecule has 1 saturated heterocycles. The molecule has 22 heteroatoms. The van der Waals surface area contributed by atoms with Crippen LogP contribution in [-0.4, -0.2) is 94.4 Å². The van der Waals surface area contributed by atoms with Gasteiger partial charge in [0.1, 0.15) is 12.1 Å². The lowest BCUT2D eigenvalue weighted by Crippen LogP contribution is -2.57. The third-order valence-corrected chi connectivity index (χ3v) is 16.9. The molecule has 0 radical (unpaired) electrons. The van der Waals surface area contributed by atoms with Crippen molar-refractivity contribution in [2.24, 2.45) is 5.41 Å². The van der Waals surface area contributed by atoms with Crippen LogP contribution in [0, 0.1) is 26.2 Å². The number of aromatic nitrogens is 6. The smallest absolute Gasteiger partial charge is 0.391 e. The molecule has 0 bridgehead atoms. The van der Waals surface area contributed by atoms with Gasteiger partial charge in [0, 0.05) is 66.3 Å². The normalized spacial score (nSPS) is 15.2. The number of halogens is 3. The molecular weight excluding hydrogens is 1120 g/mol. The number of aliphatic hydroxyl groups excluding tert-OH is 1. The van der Waals surface area contributed by atoms with Crippen LogP contribution >= 0.6 is 22.7 Å². The number of carbonyl (C=O) groups is 4. The molecule has 8 aromatic rings. The number of unbranched alkanes of at least 4 members (excludes halogenated alkanes) is 4. The number of likely N-dealkylation sites (tertiary alicyclic amines) is 1. The Morgan fingerprint density at radius 1 is 0.762 bits per heavy atom. The number of carbonyl (C=O) groups excluding carboxylic acids is 4. The van der Waals surface area contributed by atoms with Crippen molar-refractivity contribution in [2.45, 2.75) is 123 Å². The van der Waals surface area contributed by atoms with Gasteiger partial charge in [-0.05, 0) is 92.1 Å². The Balaban J connectivity index is 0.775. The number of H-pyrrole nitrogens is 2. The van der Waals surface area contributed by atoms with Crippen LogP contribution in [0.25, 0.3) is 32.5 Å². The van der Waals surface area contributed by atoms with Gasteiger partial charge in [0.2, 0.25) is 22.9 Å². The Bertz CT molecular complexity index is 3750. The number of thiazole rings is 2. The summed E-state index contributed by atoms with van der Waals surface area (Å²) in [4.78, 5) is 94.9. The number of alkyl halides is 3. The van der Waals surface area contributed by atoms with Crippen LogP contribution in [0.2, 0.25) is 0 Å². The fraction of sp³-hybridized carbons (Fsp3) is 0.355. The van der Waals surface area contributed by atoms with Gasteiger partial charge < -0.3 is 26.0 Å². The molecule has 440 valence electrons. The number of hydrogen-bond acceptors (Lipinski definition) is 11. The summed E-state index contributed by atoms with van der Waals surface area (Å²) in [6, 6.07) is 26.3. The number of β-amino-alcohol motifs (C(OH)–C–C–N with tert-alkyl or cyclic N) is 1. The maximum absolute atomic E-state index is 14.6. The molecule has 9 rings (SSSR count). The standard InChI is InChI=1S/C62H67F3N10O7S2/c1-36-50(57(80)74(71-36)45-15-11-10-12-16-45)52(51-37(2)72-75(58(51)81)60-69-47(34-83-60)40-26-28-44(29-27-40)62(63,64)65)41-22-24-43(25-23-41)55(78)66-30-14-9-7-8-13-17-49(77)70-54(61(4,5)6)59(82)73-33-46(76)31-48(73)56(79)67-32-39-18-20-42(21-19-39)53-38(3)68-35-84-53/h10-12,15-16,18-29,34-35,46,48,52,54,71-72,76H,7-9,13-14,17,30-33H2,1-6H3,(H,66,78)(H,67,79)(H,70,77)/t46-,48+,52?,54-/m1/s1. The summed E-state index contributed by atoms with van der Waals surface area (Å²) in [5.41, 5.74) is 6.17. The number of rotatable bonds is 21. The highest BCUT2D eigenvalue weighted by atomic mass is 32.1. The third-order valence-electron chi connectivity index (χ3n) is 15.1. The number of para-hydroxylation sites is 1. The molecule has 0 spiro atoms. The molecule has 1 aliphatic heterocycles. The Hall–Kier alpha value is -8.21. The van der Waals surface area contributed by atoms with E-state index in [9.17, 15) is 47.0 Å². The topological polar surface area (TPSA) is 229 Å². The minimum absolute atomic E-state index is 0.0233. The Morgan fingerprint density at radius 2 is 1.39 bits per heavy atom. The van der Waals surface area contributed by atoms with Crippen LogP contribution in [0.15, 0.2) is 124 Å². The molecule has 4 aromatic heterocycles. The first-order valence-electron chi connectivity index (χ1n) is 27.8. The molecule has 1 aliphatic rings. The zero-order valence-corrected chi connectivity index (χ0v) is 49.1. The zero-order valence-electron chi connectivity index (χ0n) is 47.4. The molecule has 4 amide bonds. The fourth-order valence-electron chi connectivity index (χ4n) is 10.6. The second-order valence-electron chi connectivity index (χ2n) is 22.3. The Kier molecular flexibility index (Phi) is 18.5. The molecular formula is C62H67F3N10O7S2. The van der Waals surface area contributed by atoms with E-state index in [2.05, 4.69) is 36.1 Å². The summed E-state index contributed by atoms with van der Waals surface area (Å²) in [5.74, 6) is -2.32. The van der Waals surface area contributed by atoms with Crippen molar-refractivity contribution in [3.8, 4) is 32.5 Å². The second-order valence-corrected chi connectivity index (χ2v) is 24.0. The summed E-state index contributed by atoms with van der Waals surface area (Å²) in [5, 5.41) is 27.7. The van der Waals surface area contributed by atoms with E-state index in [1.165, 1.54) is 26.4 Å². The summed E-state index contributed by atoms with van der Waals surface area (Å²) in [7, 11) is 0. The lowest BCUT2D eigenvalue weighted by atomic mass is 9.85. The van der Waals surface area contributed by atoms with Gasteiger partial charge in [0.15, 0.2) is 0 Å². The maximum atomic E-state index is 14.6. The summed E-state index contributed by atoms with van der Waals surface area (Å²) < 4.78 is 42.5. The van der Waals surface area contributed by atoms with Gasteiger partial charge in [-0.1, -0.05) is 107 Å². The number of aromatic amines is 2. The van der Waals surface area contributed by atoms with Gasteiger partial charge in [-0.3, -0.25) is 39.0 Å². The van der Waals surface area contributed by atoms with E-state index in [4.69, 9.17) is 0 Å². The minimum Gasteiger partial charge on any atom is -0.391 e. The molecule has 4 atom stereocenters. The fourth-order valence-corrected chi connectivity index (χ4v) is 12.2. The summed E-state index contributed by atoms with van der Waals surface area (Å²) in [6.45, 7) is 11.6. The van der Waals surface area contributed by atoms with Crippen LogP contribution in [-0.2, 0) is 27.1 Å². The predicted molar refractivity (Wildman–Crippen MR) is 317 cm³/mol. The monoisotopic (exact) mass is 1180 g/mol. The van der Waals surface area contributed by atoms with E-state index in [1.807, 2.05) is 58.0 Å². The zero-order chi connectivity index (χ0) is 60.0. The molecule has 4 aromatic carbocycles. The maximum Gasteiger partial charge on any atom is 0.416 e. The van der Waals surface area contributed by atoms with Gasteiger partial charge >= 0.3 is 6.18 Å². The molecule has 0 saturated carbocycles. The van der Waals surface area contributed by atoms with E-state index >= 15 is 0 Å². The Labute approximate surface area is 491 Å². The van der Waals surface area contributed by atoms with Crippen LogP contribution in [0.5, 0.6) is 0 Å². The van der Waals surface area contributed by atoms with E-state index < -0.39 is 52.7 Å². The van der Waals surface area contributed by atoms with Gasteiger partial charge in [-0.15, -0.1) is 22.7 Å². The quantitative estimate of drug-likeness (QED) is 0.0376. The van der Waals surface area contributed by atoms with Crippen LogP contribution in [0.4, 0.5) is 13.2 Å². The average molecular weight is 1190 g/mol. The van der Waals surface area contributed by atoms with E-state index in [1.54, 1.807) is 84.6 Å². The largest absolute Gasteiger partial charge is 0.416 e. The lowest BCUT2D eigenvalue weighted by molar-refractivity contribution is -0.144. The molecule has 0 aliphatic carbocycles. The number of amides is 4. The number of hydrogen-bond donors (Lipinski definition) is 6.